The van der Waals surface area contributed by atoms with Crippen LogP contribution in [0.1, 0.15) is 12.5 Å². The molecule has 0 saturated heterocycles. The van der Waals surface area contributed by atoms with Crippen molar-refractivity contribution in [2.24, 2.45) is 5.73 Å². The number of hydrogen-bond donors (Lipinski definition) is 2. The quantitative estimate of drug-likeness (QED) is 0.711. The maximum Gasteiger partial charge on any atom is 0.142 e. The molecule has 0 fully saturated rings. The van der Waals surface area contributed by atoms with Crippen LogP contribution < -0.4 is 15.8 Å². The molecule has 0 radical (unpaired) electrons. The fourth-order valence-corrected chi connectivity index (χ4v) is 1.43. The lowest BCUT2D eigenvalue weighted by molar-refractivity contribution is 0.146. The maximum absolute atomic E-state index is 5.68. The minimum Gasteiger partial charge on any atom is -0.489 e. The van der Waals surface area contributed by atoms with Gasteiger partial charge in [0, 0.05) is 19.7 Å². The highest BCUT2D eigenvalue weighted by Crippen LogP contribution is 2.26. The van der Waals surface area contributed by atoms with Gasteiger partial charge in [0.15, 0.2) is 0 Å². The zero-order valence-corrected chi connectivity index (χ0v) is 10.8. The van der Waals surface area contributed by atoms with Crippen LogP contribution in [-0.4, -0.2) is 32.9 Å². The van der Waals surface area contributed by atoms with Crippen LogP contribution in [0.25, 0.3) is 0 Å². The van der Waals surface area contributed by atoms with Crippen molar-refractivity contribution in [1.29, 1.82) is 0 Å². The standard InChI is InChI=1S/C13H22N2O2/c1-10-4-5-12(15-11(2)9-14)13(8-10)17-7-6-16-3/h4-5,8,11,15H,6-7,9,14H2,1-3H3. The van der Waals surface area contributed by atoms with Gasteiger partial charge in [0.2, 0.25) is 0 Å². The van der Waals surface area contributed by atoms with Gasteiger partial charge in [-0.25, -0.2) is 0 Å². The predicted molar refractivity (Wildman–Crippen MR) is 70.7 cm³/mol. The molecule has 3 N–H and O–H groups in total. The molecular weight excluding hydrogens is 216 g/mol. The molecule has 96 valence electrons. The molecule has 1 atom stereocenters. The molecule has 0 saturated carbocycles. The van der Waals surface area contributed by atoms with E-state index in [9.17, 15) is 0 Å². The van der Waals surface area contributed by atoms with Crippen molar-refractivity contribution in [3.63, 3.8) is 0 Å². The molecule has 1 rings (SSSR count). The Morgan fingerprint density at radius 1 is 1.35 bits per heavy atom. The van der Waals surface area contributed by atoms with Crippen molar-refractivity contribution >= 4 is 5.69 Å². The smallest absolute Gasteiger partial charge is 0.142 e. The SMILES string of the molecule is COCCOc1cc(C)ccc1NC(C)CN. The summed E-state index contributed by atoms with van der Waals surface area (Å²) in [7, 11) is 1.66. The second kappa shape index (κ2) is 7.14. The van der Waals surface area contributed by atoms with Gasteiger partial charge in [-0.3, -0.25) is 0 Å². The van der Waals surface area contributed by atoms with E-state index in [1.165, 1.54) is 5.56 Å². The summed E-state index contributed by atoms with van der Waals surface area (Å²) in [5.74, 6) is 0.849. The maximum atomic E-state index is 5.68. The summed E-state index contributed by atoms with van der Waals surface area (Å²) in [5, 5.41) is 3.32. The molecule has 4 heteroatoms. The number of benzene rings is 1. The molecule has 0 aliphatic carbocycles. The Bertz CT molecular complexity index is 342. The Morgan fingerprint density at radius 3 is 2.76 bits per heavy atom. The average Bonchev–Trinajstić information content (AvgIpc) is 2.32. The third-order valence-electron chi connectivity index (χ3n) is 2.44. The zero-order valence-electron chi connectivity index (χ0n) is 10.8. The lowest BCUT2D eigenvalue weighted by atomic mass is 10.2. The minimum atomic E-state index is 0.225. The van der Waals surface area contributed by atoms with E-state index < -0.39 is 0 Å². The Labute approximate surface area is 103 Å². The molecule has 0 aliphatic heterocycles. The number of hydrogen-bond acceptors (Lipinski definition) is 4. The molecule has 1 aromatic rings. The third-order valence-corrected chi connectivity index (χ3v) is 2.44. The van der Waals surface area contributed by atoms with Crippen LogP contribution >= 0.6 is 0 Å². The molecule has 4 nitrogen and oxygen atoms in total. The van der Waals surface area contributed by atoms with E-state index in [-0.39, 0.29) is 6.04 Å². The highest BCUT2D eigenvalue weighted by atomic mass is 16.5. The van der Waals surface area contributed by atoms with Gasteiger partial charge >= 0.3 is 0 Å². The van der Waals surface area contributed by atoms with E-state index in [2.05, 4.69) is 11.4 Å². The van der Waals surface area contributed by atoms with Crippen LogP contribution in [0.2, 0.25) is 0 Å². The Balaban J connectivity index is 2.72. The fraction of sp³-hybridized carbons (Fsp3) is 0.538. The number of methoxy groups -OCH3 is 1. The van der Waals surface area contributed by atoms with Crippen LogP contribution in [0, 0.1) is 6.92 Å². The largest absolute Gasteiger partial charge is 0.489 e. The van der Waals surface area contributed by atoms with Crippen molar-refractivity contribution < 1.29 is 9.47 Å². The molecule has 0 aliphatic rings. The number of nitrogens with one attached hydrogen (secondary N) is 1. The summed E-state index contributed by atoms with van der Waals surface area (Å²) in [5.41, 5.74) is 7.74. The van der Waals surface area contributed by atoms with E-state index in [0.717, 1.165) is 11.4 Å². The van der Waals surface area contributed by atoms with E-state index in [0.29, 0.717) is 19.8 Å². The molecule has 1 unspecified atom stereocenters. The summed E-state index contributed by atoms with van der Waals surface area (Å²) in [6.07, 6.45) is 0. The first-order valence-electron chi connectivity index (χ1n) is 5.86. The Hall–Kier alpha value is -1.26. The summed E-state index contributed by atoms with van der Waals surface area (Å²) >= 11 is 0. The average molecular weight is 238 g/mol. The van der Waals surface area contributed by atoms with Crippen molar-refractivity contribution in [3.05, 3.63) is 23.8 Å². The van der Waals surface area contributed by atoms with Crippen LogP contribution in [0.15, 0.2) is 18.2 Å². The van der Waals surface area contributed by atoms with Crippen molar-refractivity contribution in [2.45, 2.75) is 19.9 Å². The summed E-state index contributed by atoms with van der Waals surface area (Å²) < 4.78 is 10.6. The van der Waals surface area contributed by atoms with Gasteiger partial charge in [0.25, 0.3) is 0 Å². The Morgan fingerprint density at radius 2 is 2.12 bits per heavy atom. The predicted octanol–water partition coefficient (Wildman–Crippen LogP) is 1.78. The van der Waals surface area contributed by atoms with E-state index >= 15 is 0 Å². The third kappa shape index (κ3) is 4.63. The molecule has 17 heavy (non-hydrogen) atoms. The Kier molecular flexibility index (Phi) is 5.80. The van der Waals surface area contributed by atoms with E-state index in [1.807, 2.05) is 26.0 Å². The number of aryl methyl sites for hydroxylation is 1. The lowest BCUT2D eigenvalue weighted by Crippen LogP contribution is -2.25. The minimum absolute atomic E-state index is 0.225. The second-order valence-corrected chi connectivity index (χ2v) is 4.12. The van der Waals surface area contributed by atoms with Gasteiger partial charge in [0.05, 0.1) is 12.3 Å². The number of rotatable bonds is 7. The van der Waals surface area contributed by atoms with Gasteiger partial charge in [-0.15, -0.1) is 0 Å². The summed E-state index contributed by atoms with van der Waals surface area (Å²) in [6, 6.07) is 6.31. The van der Waals surface area contributed by atoms with Crippen LogP contribution in [0.5, 0.6) is 5.75 Å². The van der Waals surface area contributed by atoms with Crippen LogP contribution in [0.3, 0.4) is 0 Å². The van der Waals surface area contributed by atoms with Crippen molar-refractivity contribution in [1.82, 2.24) is 0 Å². The molecular formula is C13H22N2O2. The first-order chi connectivity index (χ1) is 8.17. The van der Waals surface area contributed by atoms with Gasteiger partial charge in [-0.2, -0.15) is 0 Å². The molecule has 0 amide bonds. The number of nitrogens with two attached hydrogens (primary N) is 1. The van der Waals surface area contributed by atoms with E-state index in [1.54, 1.807) is 7.11 Å². The molecule has 0 heterocycles. The van der Waals surface area contributed by atoms with E-state index in [4.69, 9.17) is 15.2 Å². The number of anilines is 1. The molecule has 0 bridgehead atoms. The highest BCUT2D eigenvalue weighted by Gasteiger charge is 2.06. The van der Waals surface area contributed by atoms with Crippen molar-refractivity contribution in [3.8, 4) is 5.75 Å². The van der Waals surface area contributed by atoms with Gasteiger partial charge in [0.1, 0.15) is 12.4 Å². The topological polar surface area (TPSA) is 56.5 Å². The first kappa shape index (κ1) is 13.8. The zero-order chi connectivity index (χ0) is 12.7. The monoisotopic (exact) mass is 238 g/mol. The first-order valence-corrected chi connectivity index (χ1v) is 5.86. The second-order valence-electron chi connectivity index (χ2n) is 4.12. The summed E-state index contributed by atoms with van der Waals surface area (Å²) in [4.78, 5) is 0. The van der Waals surface area contributed by atoms with Gasteiger partial charge < -0.3 is 20.5 Å². The van der Waals surface area contributed by atoms with Crippen molar-refractivity contribution in [2.75, 3.05) is 32.2 Å². The van der Waals surface area contributed by atoms with Gasteiger partial charge in [-0.05, 0) is 31.5 Å². The van der Waals surface area contributed by atoms with Gasteiger partial charge in [-0.1, -0.05) is 6.07 Å². The fourth-order valence-electron chi connectivity index (χ4n) is 1.43. The number of ether oxygens (including phenoxy) is 2. The lowest BCUT2D eigenvalue weighted by Gasteiger charge is -2.17. The van der Waals surface area contributed by atoms with Crippen LogP contribution in [-0.2, 0) is 4.74 Å². The summed E-state index contributed by atoms with van der Waals surface area (Å²) in [6.45, 7) is 5.80. The molecule has 1 aromatic carbocycles. The molecule has 0 spiro atoms. The molecule has 0 aromatic heterocycles. The highest BCUT2D eigenvalue weighted by molar-refractivity contribution is 5.58. The van der Waals surface area contributed by atoms with Crippen LogP contribution in [0.4, 0.5) is 5.69 Å². The normalized spacial score (nSPS) is 12.2.